The molecule has 9 aromatic carbocycles. The Morgan fingerprint density at radius 3 is 2.02 bits per heavy atom. The minimum absolute atomic E-state index is 0.166. The lowest BCUT2D eigenvalue weighted by atomic mass is 9.83. The van der Waals surface area contributed by atoms with Crippen LogP contribution in [0.25, 0.3) is 104 Å². The summed E-state index contributed by atoms with van der Waals surface area (Å²) in [6.07, 6.45) is 0.774. The Balaban J connectivity index is 1.29. The van der Waals surface area contributed by atoms with Crippen LogP contribution < -0.4 is 0 Å². The maximum absolute atomic E-state index is 8.94. The van der Waals surface area contributed by atoms with Crippen molar-refractivity contribution in [3.63, 3.8) is 0 Å². The average Bonchev–Trinajstić information content (AvgIpc) is 3.85. The van der Waals surface area contributed by atoms with Gasteiger partial charge in [0.1, 0.15) is 17.0 Å². The summed E-state index contributed by atoms with van der Waals surface area (Å²) in [5.41, 5.74) is 9.41. The number of hydrogen-bond acceptors (Lipinski definition) is 2. The summed E-state index contributed by atoms with van der Waals surface area (Å²) in [5.74, 6) is 0.991. The van der Waals surface area contributed by atoms with Crippen molar-refractivity contribution in [3.8, 4) is 39.1 Å². The lowest BCUT2D eigenvalue weighted by molar-refractivity contribution is 0.669. The Morgan fingerprint density at radius 1 is 0.537 bits per heavy atom. The van der Waals surface area contributed by atoms with Crippen LogP contribution in [0.3, 0.4) is 0 Å². The summed E-state index contributed by atoms with van der Waals surface area (Å²) < 4.78 is 51.9. The van der Waals surface area contributed by atoms with Crippen molar-refractivity contribution < 1.29 is 11.3 Å². The minimum atomic E-state index is -0.415. The third-order valence-electron chi connectivity index (χ3n) is 10.8. The Morgan fingerprint density at radius 2 is 1.20 bits per heavy atom. The maximum Gasteiger partial charge on any atom is 0.136 e. The highest BCUT2D eigenvalue weighted by atomic mass is 16.3. The van der Waals surface area contributed by atoms with Crippen LogP contribution in [0.15, 0.2) is 180 Å². The fraction of sp³-hybridized carbons (Fsp3) is 0.0392. The topological polar surface area (TPSA) is 31.0 Å². The lowest BCUT2D eigenvalue weighted by Gasteiger charge is -2.21. The number of hydrogen-bond donors (Lipinski definition) is 0. The molecule has 0 unspecified atom stereocenters. The van der Waals surface area contributed by atoms with E-state index in [1.165, 1.54) is 0 Å². The maximum atomic E-state index is 8.94. The van der Waals surface area contributed by atoms with E-state index in [1.54, 1.807) is 0 Å². The monoisotopic (exact) mass is 695 g/mol. The van der Waals surface area contributed by atoms with Crippen LogP contribution >= 0.6 is 0 Å². The van der Waals surface area contributed by atoms with Crippen molar-refractivity contribution in [1.29, 1.82) is 0 Å². The van der Waals surface area contributed by atoms with Gasteiger partial charge in [0.15, 0.2) is 0 Å². The van der Waals surface area contributed by atoms with E-state index in [0.29, 0.717) is 5.56 Å². The summed E-state index contributed by atoms with van der Waals surface area (Å²) in [6.45, 7) is 2.14. The van der Waals surface area contributed by atoms with E-state index in [2.05, 4.69) is 109 Å². The standard InChI is InChI=1S/C51H34N2O/c1-2-48-52-43-23-11-12-24-45(43)53(48)44-30-29-38(34-17-6-7-18-35(34)44)49-36-19-8-9-20-37(36)50(42-31-33(27-28-39(42)49)32-15-4-3-5-16-32)41-22-14-26-47-51(41)40-21-10-13-25-46(40)54-47/h3-31H,2H2,1H3/i3D,4D,5D,15D,16D. The van der Waals surface area contributed by atoms with E-state index < -0.39 is 6.04 Å². The molecule has 0 aliphatic carbocycles. The number of para-hydroxylation sites is 3. The second kappa shape index (κ2) is 12.0. The summed E-state index contributed by atoms with van der Waals surface area (Å²) in [5, 5.41) is 8.12. The zero-order valence-corrected chi connectivity index (χ0v) is 29.4. The van der Waals surface area contributed by atoms with Gasteiger partial charge in [0.05, 0.1) is 23.6 Å². The van der Waals surface area contributed by atoms with Crippen LogP contribution in [0.2, 0.25) is 0 Å². The fourth-order valence-electron chi connectivity index (χ4n) is 8.57. The van der Waals surface area contributed by atoms with Gasteiger partial charge in [-0.3, -0.25) is 4.57 Å². The number of rotatable bonds is 5. The number of imidazole rings is 1. The first-order valence-corrected chi connectivity index (χ1v) is 18.3. The molecule has 0 spiro atoms. The van der Waals surface area contributed by atoms with Crippen molar-refractivity contribution in [1.82, 2.24) is 9.55 Å². The van der Waals surface area contributed by atoms with Crippen LogP contribution in [0.1, 0.15) is 19.6 Å². The third-order valence-corrected chi connectivity index (χ3v) is 10.8. The summed E-state index contributed by atoms with van der Waals surface area (Å²) in [7, 11) is 0. The molecule has 0 bridgehead atoms. The summed E-state index contributed by atoms with van der Waals surface area (Å²) in [4.78, 5) is 5.01. The first-order chi connectivity index (χ1) is 28.8. The van der Waals surface area contributed by atoms with Crippen LogP contribution in [-0.2, 0) is 6.42 Å². The molecule has 2 heterocycles. The number of nitrogens with zero attached hydrogens (tertiary/aromatic N) is 2. The van der Waals surface area contributed by atoms with Crippen molar-refractivity contribution in [2.45, 2.75) is 13.3 Å². The van der Waals surface area contributed by atoms with Crippen molar-refractivity contribution >= 4 is 65.3 Å². The van der Waals surface area contributed by atoms with E-state index >= 15 is 0 Å². The number of furan rings is 1. The first-order valence-electron chi connectivity index (χ1n) is 20.8. The molecule has 54 heavy (non-hydrogen) atoms. The van der Waals surface area contributed by atoms with Crippen LogP contribution in [0.4, 0.5) is 0 Å². The molecule has 0 N–H and O–H groups in total. The fourth-order valence-corrected chi connectivity index (χ4v) is 8.57. The summed E-state index contributed by atoms with van der Waals surface area (Å²) in [6, 6.07) is 48.3. The number of fused-ring (bicyclic) bond motifs is 7. The smallest absolute Gasteiger partial charge is 0.136 e. The van der Waals surface area contributed by atoms with Crippen LogP contribution in [0.5, 0.6) is 0 Å². The molecule has 0 atom stereocenters. The zero-order chi connectivity index (χ0) is 40.1. The minimum Gasteiger partial charge on any atom is -0.456 e. The van der Waals surface area contributed by atoms with E-state index in [1.807, 2.05) is 48.5 Å². The van der Waals surface area contributed by atoms with Gasteiger partial charge < -0.3 is 4.42 Å². The SMILES string of the molecule is [2H]c1c([2H])c([2H])c(-c2ccc3c(-c4ccc(-n5c(CC)nc6ccccc65)c5ccccc45)c4ccccc4c(-c4cccc5oc6ccccc6c45)c3c2)c([2H])c1[2H]. The Labute approximate surface area is 319 Å². The van der Waals surface area contributed by atoms with Crippen molar-refractivity contribution in [2.24, 2.45) is 0 Å². The average molecular weight is 696 g/mol. The predicted octanol–water partition coefficient (Wildman–Crippen LogP) is 13.9. The Kier molecular flexibility index (Phi) is 5.78. The molecule has 3 heteroatoms. The zero-order valence-electron chi connectivity index (χ0n) is 34.4. The van der Waals surface area contributed by atoms with Gasteiger partial charge in [0.2, 0.25) is 0 Å². The van der Waals surface area contributed by atoms with Gasteiger partial charge in [-0.15, -0.1) is 0 Å². The molecule has 0 aliphatic rings. The van der Waals surface area contributed by atoms with Crippen LogP contribution in [0, 0.1) is 0 Å². The highest BCUT2D eigenvalue weighted by Crippen LogP contribution is 2.49. The Hall–Kier alpha value is -6.97. The van der Waals surface area contributed by atoms with Gasteiger partial charge in [-0.2, -0.15) is 0 Å². The van der Waals surface area contributed by atoms with E-state index in [9.17, 15) is 0 Å². The molecular formula is C51H34N2O. The molecule has 0 saturated heterocycles. The van der Waals surface area contributed by atoms with Crippen molar-refractivity contribution in [2.75, 3.05) is 0 Å². The van der Waals surface area contributed by atoms with Crippen molar-refractivity contribution in [3.05, 3.63) is 182 Å². The van der Waals surface area contributed by atoms with E-state index in [0.717, 1.165) is 105 Å². The molecule has 11 aromatic rings. The molecule has 254 valence electrons. The number of aryl methyl sites for hydroxylation is 1. The molecule has 0 fully saturated rings. The van der Waals surface area contributed by atoms with Gasteiger partial charge in [-0.1, -0.05) is 146 Å². The molecule has 3 nitrogen and oxygen atoms in total. The predicted molar refractivity (Wildman–Crippen MR) is 227 cm³/mol. The van der Waals surface area contributed by atoms with Gasteiger partial charge in [-0.05, 0) is 96.7 Å². The molecule has 0 amide bonds. The third kappa shape index (κ3) is 4.52. The highest BCUT2D eigenvalue weighted by molar-refractivity contribution is 6.27. The number of aromatic nitrogens is 2. The molecule has 2 aromatic heterocycles. The van der Waals surface area contributed by atoms with Gasteiger partial charge in [0.25, 0.3) is 0 Å². The normalized spacial score (nSPS) is 13.2. The van der Waals surface area contributed by atoms with Gasteiger partial charge >= 0.3 is 0 Å². The van der Waals surface area contributed by atoms with E-state index in [-0.39, 0.29) is 29.7 Å². The second-order valence-electron chi connectivity index (χ2n) is 13.7. The molecule has 11 rings (SSSR count). The van der Waals surface area contributed by atoms with E-state index in [4.69, 9.17) is 16.3 Å². The molecule has 0 aliphatic heterocycles. The first kappa shape index (κ1) is 25.9. The van der Waals surface area contributed by atoms with Gasteiger partial charge in [-0.25, -0.2) is 4.98 Å². The summed E-state index contributed by atoms with van der Waals surface area (Å²) >= 11 is 0. The Bertz CT molecular complexity index is 3540. The molecular weight excluding hydrogens is 657 g/mol. The second-order valence-corrected chi connectivity index (χ2v) is 13.7. The largest absolute Gasteiger partial charge is 0.456 e. The molecule has 0 radical (unpaired) electrons. The van der Waals surface area contributed by atoms with Crippen LogP contribution in [-0.4, -0.2) is 9.55 Å². The molecule has 0 saturated carbocycles. The lowest BCUT2D eigenvalue weighted by Crippen LogP contribution is -2.01. The number of benzene rings is 9. The van der Waals surface area contributed by atoms with Gasteiger partial charge in [0, 0.05) is 22.6 Å². The highest BCUT2D eigenvalue weighted by Gasteiger charge is 2.23. The quantitative estimate of drug-likeness (QED) is 0.168.